The van der Waals surface area contributed by atoms with Crippen LogP contribution in [-0.4, -0.2) is 9.97 Å². The number of nitrogen functional groups attached to an aromatic ring is 1. The molecule has 3 nitrogen and oxygen atoms in total. The molecule has 76 valence electrons. The second-order valence-corrected chi connectivity index (χ2v) is 3.20. The van der Waals surface area contributed by atoms with Gasteiger partial charge in [-0.25, -0.2) is 14.4 Å². The zero-order valence-corrected chi connectivity index (χ0v) is 8.02. The van der Waals surface area contributed by atoms with E-state index < -0.39 is 0 Å². The first-order chi connectivity index (χ1) is 7.24. The second kappa shape index (κ2) is 4.04. The minimum atomic E-state index is -0.253. The number of hydrogen-bond acceptors (Lipinski definition) is 3. The molecule has 0 fully saturated rings. The Morgan fingerprint density at radius 1 is 1.27 bits per heavy atom. The summed E-state index contributed by atoms with van der Waals surface area (Å²) in [5.41, 5.74) is 6.35. The fourth-order valence-electron chi connectivity index (χ4n) is 1.33. The average Bonchev–Trinajstić information content (AvgIpc) is 2.17. The van der Waals surface area contributed by atoms with Gasteiger partial charge in [-0.2, -0.15) is 0 Å². The first-order valence-electron chi connectivity index (χ1n) is 4.56. The van der Waals surface area contributed by atoms with Crippen LogP contribution < -0.4 is 5.73 Å². The van der Waals surface area contributed by atoms with Crippen molar-refractivity contribution in [2.45, 2.75) is 6.42 Å². The lowest BCUT2D eigenvalue weighted by Gasteiger charge is -2.01. The highest BCUT2D eigenvalue weighted by Crippen LogP contribution is 2.08. The van der Waals surface area contributed by atoms with Crippen molar-refractivity contribution in [3.05, 3.63) is 53.7 Å². The molecule has 0 spiro atoms. The van der Waals surface area contributed by atoms with E-state index in [9.17, 15) is 4.39 Å². The molecule has 0 aliphatic heterocycles. The zero-order valence-electron chi connectivity index (χ0n) is 8.02. The van der Waals surface area contributed by atoms with E-state index in [1.807, 2.05) is 6.07 Å². The molecular formula is C11H10FN3. The van der Waals surface area contributed by atoms with Crippen LogP contribution >= 0.6 is 0 Å². The number of aromatic nitrogens is 2. The fraction of sp³-hybridized carbons (Fsp3) is 0.0909. The number of halogens is 1. The minimum absolute atomic E-state index is 0.253. The molecule has 2 N–H and O–H groups in total. The third-order valence-corrected chi connectivity index (χ3v) is 1.98. The number of anilines is 1. The molecule has 2 rings (SSSR count). The van der Waals surface area contributed by atoms with Crippen LogP contribution in [0.1, 0.15) is 11.4 Å². The standard InChI is InChI=1S/C11H10FN3/c12-9-3-1-2-8(6-9)7-11-14-5-4-10(13)15-11/h1-6H,7H2,(H2,13,14,15). The predicted octanol–water partition coefficient (Wildman–Crippen LogP) is 1.79. The predicted molar refractivity (Wildman–Crippen MR) is 55.7 cm³/mol. The van der Waals surface area contributed by atoms with Crippen molar-refractivity contribution in [1.29, 1.82) is 0 Å². The third-order valence-electron chi connectivity index (χ3n) is 1.98. The van der Waals surface area contributed by atoms with Gasteiger partial charge in [0.15, 0.2) is 0 Å². The van der Waals surface area contributed by atoms with E-state index in [4.69, 9.17) is 5.73 Å². The summed E-state index contributed by atoms with van der Waals surface area (Å²) in [6.07, 6.45) is 2.08. The van der Waals surface area contributed by atoms with Gasteiger partial charge in [-0.3, -0.25) is 0 Å². The Labute approximate surface area is 86.8 Å². The molecule has 1 aromatic heterocycles. The smallest absolute Gasteiger partial charge is 0.135 e. The monoisotopic (exact) mass is 203 g/mol. The molecule has 0 amide bonds. The molecule has 0 saturated carbocycles. The highest BCUT2D eigenvalue weighted by Gasteiger charge is 2.00. The van der Waals surface area contributed by atoms with Crippen LogP contribution in [0.15, 0.2) is 36.5 Å². The minimum Gasteiger partial charge on any atom is -0.384 e. The first kappa shape index (κ1) is 9.58. The Morgan fingerprint density at radius 2 is 2.13 bits per heavy atom. The first-order valence-corrected chi connectivity index (χ1v) is 4.56. The van der Waals surface area contributed by atoms with Gasteiger partial charge in [0, 0.05) is 12.6 Å². The molecule has 0 radical (unpaired) electrons. The van der Waals surface area contributed by atoms with Gasteiger partial charge in [0.25, 0.3) is 0 Å². The van der Waals surface area contributed by atoms with Crippen molar-refractivity contribution >= 4 is 5.82 Å². The van der Waals surface area contributed by atoms with Crippen LogP contribution in [0.5, 0.6) is 0 Å². The Kier molecular flexibility index (Phi) is 2.58. The van der Waals surface area contributed by atoms with Crippen LogP contribution in [0.3, 0.4) is 0 Å². The SMILES string of the molecule is Nc1ccnc(Cc2cccc(F)c2)n1. The zero-order chi connectivity index (χ0) is 10.7. The molecule has 15 heavy (non-hydrogen) atoms. The highest BCUT2D eigenvalue weighted by molar-refractivity contribution is 5.27. The van der Waals surface area contributed by atoms with Crippen molar-refractivity contribution in [3.63, 3.8) is 0 Å². The normalized spacial score (nSPS) is 10.2. The maximum Gasteiger partial charge on any atom is 0.135 e. The topological polar surface area (TPSA) is 51.8 Å². The lowest BCUT2D eigenvalue weighted by atomic mass is 10.1. The van der Waals surface area contributed by atoms with Crippen molar-refractivity contribution in [2.75, 3.05) is 5.73 Å². The third kappa shape index (κ3) is 2.49. The summed E-state index contributed by atoms with van der Waals surface area (Å²) in [6, 6.07) is 7.98. The molecule has 0 atom stereocenters. The fourth-order valence-corrected chi connectivity index (χ4v) is 1.33. The van der Waals surface area contributed by atoms with E-state index in [1.54, 1.807) is 18.3 Å². The molecule has 2 aromatic rings. The van der Waals surface area contributed by atoms with Gasteiger partial charge in [-0.1, -0.05) is 12.1 Å². The molecule has 0 unspecified atom stereocenters. The van der Waals surface area contributed by atoms with Crippen LogP contribution in [0, 0.1) is 5.82 Å². The summed E-state index contributed by atoms with van der Waals surface area (Å²) in [5.74, 6) is 0.772. The van der Waals surface area contributed by atoms with Crippen LogP contribution in [0.4, 0.5) is 10.2 Å². The summed E-state index contributed by atoms with van der Waals surface area (Å²) in [7, 11) is 0. The summed E-state index contributed by atoms with van der Waals surface area (Å²) in [6.45, 7) is 0. The van der Waals surface area contributed by atoms with Gasteiger partial charge >= 0.3 is 0 Å². The lowest BCUT2D eigenvalue weighted by Crippen LogP contribution is -1.99. The Balaban J connectivity index is 2.22. The Hall–Kier alpha value is -1.97. The molecule has 0 saturated heterocycles. The molecule has 4 heteroatoms. The van der Waals surface area contributed by atoms with Gasteiger partial charge in [0.1, 0.15) is 17.5 Å². The van der Waals surface area contributed by atoms with Gasteiger partial charge in [-0.15, -0.1) is 0 Å². The van der Waals surface area contributed by atoms with Crippen molar-refractivity contribution in [1.82, 2.24) is 9.97 Å². The van der Waals surface area contributed by atoms with Crippen molar-refractivity contribution in [2.24, 2.45) is 0 Å². The van der Waals surface area contributed by atoms with E-state index in [2.05, 4.69) is 9.97 Å². The Bertz CT molecular complexity index is 427. The number of nitrogens with two attached hydrogens (primary N) is 1. The van der Waals surface area contributed by atoms with Crippen molar-refractivity contribution in [3.8, 4) is 0 Å². The van der Waals surface area contributed by atoms with Crippen LogP contribution in [-0.2, 0) is 6.42 Å². The maximum atomic E-state index is 12.9. The summed E-state index contributed by atoms with van der Waals surface area (Å²) in [4.78, 5) is 8.09. The van der Waals surface area contributed by atoms with E-state index in [0.717, 1.165) is 5.56 Å². The number of rotatable bonds is 2. The van der Waals surface area contributed by atoms with E-state index >= 15 is 0 Å². The molecule has 1 heterocycles. The van der Waals surface area contributed by atoms with Crippen molar-refractivity contribution < 1.29 is 4.39 Å². The second-order valence-electron chi connectivity index (χ2n) is 3.20. The largest absolute Gasteiger partial charge is 0.384 e. The quantitative estimate of drug-likeness (QED) is 0.809. The summed E-state index contributed by atoms with van der Waals surface area (Å²) in [5, 5.41) is 0. The molecular weight excluding hydrogens is 193 g/mol. The maximum absolute atomic E-state index is 12.9. The van der Waals surface area contributed by atoms with Crippen LogP contribution in [0.2, 0.25) is 0 Å². The number of benzene rings is 1. The molecule has 0 aliphatic carbocycles. The summed E-state index contributed by atoms with van der Waals surface area (Å²) < 4.78 is 12.9. The molecule has 0 bridgehead atoms. The van der Waals surface area contributed by atoms with Gasteiger partial charge in [-0.05, 0) is 23.8 Å². The average molecular weight is 203 g/mol. The highest BCUT2D eigenvalue weighted by atomic mass is 19.1. The summed E-state index contributed by atoms with van der Waals surface area (Å²) >= 11 is 0. The molecule has 0 aliphatic rings. The van der Waals surface area contributed by atoms with Gasteiger partial charge in [0.05, 0.1) is 0 Å². The van der Waals surface area contributed by atoms with E-state index in [-0.39, 0.29) is 5.82 Å². The van der Waals surface area contributed by atoms with E-state index in [1.165, 1.54) is 12.1 Å². The Morgan fingerprint density at radius 3 is 2.87 bits per heavy atom. The van der Waals surface area contributed by atoms with Crippen LogP contribution in [0.25, 0.3) is 0 Å². The number of hydrogen-bond donors (Lipinski definition) is 1. The van der Waals surface area contributed by atoms with Gasteiger partial charge < -0.3 is 5.73 Å². The lowest BCUT2D eigenvalue weighted by molar-refractivity contribution is 0.626. The molecule has 1 aromatic carbocycles. The van der Waals surface area contributed by atoms with Gasteiger partial charge in [0.2, 0.25) is 0 Å². The van der Waals surface area contributed by atoms with E-state index in [0.29, 0.717) is 18.1 Å². The number of nitrogens with zero attached hydrogens (tertiary/aromatic N) is 2.